The zero-order chi connectivity index (χ0) is 31.9. The molecule has 0 aliphatic carbocycles. The summed E-state index contributed by atoms with van der Waals surface area (Å²) in [6.45, 7) is 3.01. The molecule has 0 spiro atoms. The van der Waals surface area contributed by atoms with Crippen molar-refractivity contribution in [3.05, 3.63) is 129 Å². The van der Waals surface area contributed by atoms with Crippen LogP contribution in [0.25, 0.3) is 0 Å². The van der Waals surface area contributed by atoms with Crippen LogP contribution in [0.4, 0.5) is 5.69 Å². The standard InChI is InChI=1S/C33H32Cl3N3O4S/c1-23(2)37-33(41)31(19-24-9-5-3-6-10-24)38(21-25-13-14-27(35)20-30(25)36)32(40)22-39(28-11-7-4-8-12-28)44(42,43)29-17-15-26(34)16-18-29/h3-18,20,23,31H,19,21-22H2,1-2H3,(H,37,41). The fourth-order valence-corrected chi connectivity index (χ4v) is 6.63. The van der Waals surface area contributed by atoms with Crippen LogP contribution in [-0.2, 0) is 32.6 Å². The van der Waals surface area contributed by atoms with Crippen molar-refractivity contribution >= 4 is 62.3 Å². The van der Waals surface area contributed by atoms with E-state index in [-0.39, 0.29) is 35.5 Å². The minimum Gasteiger partial charge on any atom is -0.352 e. The van der Waals surface area contributed by atoms with E-state index in [2.05, 4.69) is 5.32 Å². The first kappa shape index (κ1) is 33.3. The minimum absolute atomic E-state index is 0.0377. The van der Waals surface area contributed by atoms with Gasteiger partial charge in [0.1, 0.15) is 12.6 Å². The Morgan fingerprint density at radius 3 is 1.98 bits per heavy atom. The number of carbonyl (C=O) groups is 2. The molecule has 0 aliphatic heterocycles. The van der Waals surface area contributed by atoms with Crippen molar-refractivity contribution in [1.82, 2.24) is 10.2 Å². The number of rotatable bonds is 12. The summed E-state index contributed by atoms with van der Waals surface area (Å²) in [4.78, 5) is 29.5. The van der Waals surface area contributed by atoms with E-state index in [1.54, 1.807) is 48.5 Å². The number of hydrogen-bond acceptors (Lipinski definition) is 4. The van der Waals surface area contributed by atoms with Crippen LogP contribution in [-0.4, -0.2) is 43.8 Å². The monoisotopic (exact) mass is 671 g/mol. The summed E-state index contributed by atoms with van der Waals surface area (Å²) < 4.78 is 29.0. The van der Waals surface area contributed by atoms with E-state index in [0.29, 0.717) is 20.6 Å². The molecular weight excluding hydrogens is 641 g/mol. The molecule has 0 heterocycles. The number of hydrogen-bond donors (Lipinski definition) is 1. The number of sulfonamides is 1. The number of halogens is 3. The van der Waals surface area contributed by atoms with Gasteiger partial charge in [-0.1, -0.05) is 89.4 Å². The van der Waals surface area contributed by atoms with Gasteiger partial charge in [-0.05, 0) is 73.5 Å². The fraction of sp³-hybridized carbons (Fsp3) is 0.212. The van der Waals surface area contributed by atoms with E-state index in [9.17, 15) is 18.0 Å². The van der Waals surface area contributed by atoms with Crippen LogP contribution in [0.3, 0.4) is 0 Å². The lowest BCUT2D eigenvalue weighted by molar-refractivity contribution is -0.140. The van der Waals surface area contributed by atoms with Gasteiger partial charge in [0.05, 0.1) is 10.6 Å². The summed E-state index contributed by atoms with van der Waals surface area (Å²) in [5.74, 6) is -0.980. The van der Waals surface area contributed by atoms with Gasteiger partial charge >= 0.3 is 0 Å². The van der Waals surface area contributed by atoms with Gasteiger partial charge in [-0.15, -0.1) is 0 Å². The molecule has 2 amide bonds. The van der Waals surface area contributed by atoms with Crippen molar-refractivity contribution in [3.63, 3.8) is 0 Å². The van der Waals surface area contributed by atoms with Gasteiger partial charge < -0.3 is 10.2 Å². The maximum absolute atomic E-state index is 14.4. The SMILES string of the molecule is CC(C)NC(=O)C(Cc1ccccc1)N(Cc1ccc(Cl)cc1Cl)C(=O)CN(c1ccccc1)S(=O)(=O)c1ccc(Cl)cc1. The number of benzene rings is 4. The highest BCUT2D eigenvalue weighted by molar-refractivity contribution is 7.92. The third-order valence-corrected chi connectivity index (χ3v) is 9.41. The Morgan fingerprint density at radius 2 is 1.39 bits per heavy atom. The van der Waals surface area contributed by atoms with Gasteiger partial charge in [0.25, 0.3) is 10.0 Å². The largest absolute Gasteiger partial charge is 0.352 e. The van der Waals surface area contributed by atoms with Gasteiger partial charge in [-0.3, -0.25) is 13.9 Å². The Hall–Kier alpha value is -3.56. The van der Waals surface area contributed by atoms with Crippen LogP contribution in [0, 0.1) is 0 Å². The molecule has 230 valence electrons. The average molecular weight is 673 g/mol. The second-order valence-corrected chi connectivity index (χ2v) is 13.6. The number of nitrogens with one attached hydrogen (secondary N) is 1. The summed E-state index contributed by atoms with van der Waals surface area (Å²) in [6, 6.07) is 27.0. The Labute approximate surface area is 273 Å². The van der Waals surface area contributed by atoms with Gasteiger partial charge in [0, 0.05) is 34.1 Å². The third kappa shape index (κ3) is 8.54. The van der Waals surface area contributed by atoms with Crippen molar-refractivity contribution in [1.29, 1.82) is 0 Å². The fourth-order valence-electron chi connectivity index (χ4n) is 4.62. The molecule has 1 N–H and O–H groups in total. The van der Waals surface area contributed by atoms with Crippen molar-refractivity contribution in [3.8, 4) is 0 Å². The Bertz CT molecular complexity index is 1690. The highest BCUT2D eigenvalue weighted by Crippen LogP contribution is 2.27. The van der Waals surface area contributed by atoms with Gasteiger partial charge in [0.15, 0.2) is 0 Å². The van der Waals surface area contributed by atoms with E-state index in [1.807, 2.05) is 44.2 Å². The lowest BCUT2D eigenvalue weighted by atomic mass is 10.0. The summed E-state index contributed by atoms with van der Waals surface area (Å²) in [5, 5.41) is 4.02. The molecule has 0 aliphatic rings. The highest BCUT2D eigenvalue weighted by Gasteiger charge is 2.35. The number of carbonyl (C=O) groups excluding carboxylic acids is 2. The first-order valence-electron chi connectivity index (χ1n) is 13.9. The lowest BCUT2D eigenvalue weighted by Crippen LogP contribution is -2.54. The molecule has 44 heavy (non-hydrogen) atoms. The summed E-state index contributed by atoms with van der Waals surface area (Å²) in [5.41, 5.74) is 1.66. The van der Waals surface area contributed by atoms with E-state index < -0.39 is 28.5 Å². The average Bonchev–Trinajstić information content (AvgIpc) is 2.99. The molecule has 0 bridgehead atoms. The zero-order valence-corrected chi connectivity index (χ0v) is 27.2. The first-order valence-corrected chi connectivity index (χ1v) is 16.4. The number of para-hydroxylation sites is 1. The van der Waals surface area contributed by atoms with E-state index in [4.69, 9.17) is 34.8 Å². The maximum Gasteiger partial charge on any atom is 0.264 e. The predicted octanol–water partition coefficient (Wildman–Crippen LogP) is 7.01. The Morgan fingerprint density at radius 1 is 0.795 bits per heavy atom. The molecule has 4 aromatic carbocycles. The highest BCUT2D eigenvalue weighted by atomic mass is 35.5. The molecule has 0 fully saturated rings. The molecule has 4 aromatic rings. The molecule has 0 radical (unpaired) electrons. The molecule has 4 rings (SSSR count). The molecular formula is C33H32Cl3N3O4S. The van der Waals surface area contributed by atoms with Gasteiger partial charge in [-0.25, -0.2) is 8.42 Å². The normalized spacial score (nSPS) is 12.0. The van der Waals surface area contributed by atoms with Crippen molar-refractivity contribution < 1.29 is 18.0 Å². The van der Waals surface area contributed by atoms with Gasteiger partial charge in [0.2, 0.25) is 11.8 Å². The van der Waals surface area contributed by atoms with Gasteiger partial charge in [-0.2, -0.15) is 0 Å². The molecule has 1 atom stereocenters. The molecule has 11 heteroatoms. The quantitative estimate of drug-likeness (QED) is 0.176. The minimum atomic E-state index is -4.23. The second kappa shape index (κ2) is 14.9. The Balaban J connectivity index is 1.81. The van der Waals surface area contributed by atoms with E-state index in [1.165, 1.54) is 29.2 Å². The number of amides is 2. The van der Waals surface area contributed by atoms with Crippen LogP contribution >= 0.6 is 34.8 Å². The number of nitrogens with zero attached hydrogens (tertiary/aromatic N) is 2. The second-order valence-electron chi connectivity index (χ2n) is 10.4. The number of anilines is 1. The smallest absolute Gasteiger partial charge is 0.264 e. The Kier molecular flexibility index (Phi) is 11.3. The third-order valence-electron chi connectivity index (χ3n) is 6.78. The maximum atomic E-state index is 14.4. The van der Waals surface area contributed by atoms with Crippen molar-refractivity contribution in [2.75, 3.05) is 10.8 Å². The molecule has 0 saturated heterocycles. The summed E-state index contributed by atoms with van der Waals surface area (Å²) >= 11 is 18.7. The first-order chi connectivity index (χ1) is 21.0. The van der Waals surface area contributed by atoms with E-state index >= 15 is 0 Å². The van der Waals surface area contributed by atoms with E-state index in [0.717, 1.165) is 9.87 Å². The topological polar surface area (TPSA) is 86.8 Å². The van der Waals surface area contributed by atoms with Crippen molar-refractivity contribution in [2.45, 2.75) is 43.8 Å². The zero-order valence-electron chi connectivity index (χ0n) is 24.2. The summed E-state index contributed by atoms with van der Waals surface area (Å²) in [6.07, 6.45) is 0.186. The van der Waals surface area contributed by atoms with Crippen molar-refractivity contribution in [2.24, 2.45) is 0 Å². The molecule has 1 unspecified atom stereocenters. The van der Waals surface area contributed by atoms with Crippen LogP contribution in [0.1, 0.15) is 25.0 Å². The molecule has 7 nitrogen and oxygen atoms in total. The lowest BCUT2D eigenvalue weighted by Gasteiger charge is -2.34. The van der Waals surface area contributed by atoms with Crippen LogP contribution < -0.4 is 9.62 Å². The van der Waals surface area contributed by atoms with Crippen LogP contribution in [0.15, 0.2) is 108 Å². The van der Waals surface area contributed by atoms with Crippen LogP contribution in [0.5, 0.6) is 0 Å². The van der Waals surface area contributed by atoms with Crippen LogP contribution in [0.2, 0.25) is 15.1 Å². The summed E-state index contributed by atoms with van der Waals surface area (Å²) in [7, 11) is -4.23. The molecule has 0 aromatic heterocycles. The predicted molar refractivity (Wildman–Crippen MR) is 177 cm³/mol. The molecule has 0 saturated carbocycles.